The molecule has 0 aliphatic carbocycles. The molecule has 0 atom stereocenters. The van der Waals surface area contributed by atoms with Crippen LogP contribution in [0.15, 0.2) is 18.2 Å². The van der Waals surface area contributed by atoms with Gasteiger partial charge in [-0.1, -0.05) is 0 Å². The maximum atomic E-state index is 13.6. The number of benzene rings is 1. The van der Waals surface area contributed by atoms with Gasteiger partial charge in [0.15, 0.2) is 0 Å². The van der Waals surface area contributed by atoms with Gasteiger partial charge in [0.2, 0.25) is 0 Å². The van der Waals surface area contributed by atoms with E-state index in [1.54, 1.807) is 13.8 Å². The normalized spacial score (nSPS) is 12.4. The number of alkyl halides is 4. The molecule has 7 heteroatoms. The van der Waals surface area contributed by atoms with Crippen LogP contribution < -0.4 is 0 Å². The zero-order valence-corrected chi connectivity index (χ0v) is 11.9. The quantitative estimate of drug-likeness (QED) is 0.612. The molecule has 0 heterocycles. The Morgan fingerprint density at radius 2 is 1.85 bits per heavy atom. The molecule has 1 amide bonds. The van der Waals surface area contributed by atoms with Crippen molar-refractivity contribution in [2.24, 2.45) is 0 Å². The zero-order chi connectivity index (χ0) is 15.7. The number of carbonyl (C=O) groups is 1. The van der Waals surface area contributed by atoms with Crippen LogP contribution in [-0.2, 0) is 6.18 Å². The molecule has 0 fully saturated rings. The highest BCUT2D eigenvalue weighted by Gasteiger charge is 2.34. The summed E-state index contributed by atoms with van der Waals surface area (Å²) in [4.78, 5) is 13.2. The van der Waals surface area contributed by atoms with Gasteiger partial charge in [-0.3, -0.25) is 4.79 Å². The molecule has 0 aromatic heterocycles. The summed E-state index contributed by atoms with van der Waals surface area (Å²) in [6.07, 6.45) is -4.64. The van der Waals surface area contributed by atoms with E-state index in [4.69, 9.17) is 11.6 Å². The van der Waals surface area contributed by atoms with Gasteiger partial charge < -0.3 is 4.90 Å². The predicted octanol–water partition coefficient (Wildman–Crippen LogP) is 3.93. The zero-order valence-electron chi connectivity index (χ0n) is 11.2. The number of amides is 1. The summed E-state index contributed by atoms with van der Waals surface area (Å²) in [5.41, 5.74) is -2.50. The Bertz CT molecular complexity index is 514. The molecule has 20 heavy (non-hydrogen) atoms. The first-order valence-corrected chi connectivity index (χ1v) is 6.25. The molecular formula is C13H14ClF4NO. The summed E-state index contributed by atoms with van der Waals surface area (Å²) in [6, 6.07) is 1.74. The van der Waals surface area contributed by atoms with Crippen molar-refractivity contribution >= 4 is 17.5 Å². The Kier molecular flexibility index (Phi) is 4.69. The van der Waals surface area contributed by atoms with Gasteiger partial charge in [-0.25, -0.2) is 4.39 Å². The van der Waals surface area contributed by atoms with E-state index in [1.807, 2.05) is 0 Å². The molecular weight excluding hydrogens is 298 g/mol. The van der Waals surface area contributed by atoms with Crippen LogP contribution in [0.1, 0.15) is 29.8 Å². The first kappa shape index (κ1) is 16.8. The maximum absolute atomic E-state index is 13.6. The fourth-order valence-corrected chi connectivity index (χ4v) is 1.59. The number of nitrogens with zero attached hydrogens (tertiary/aromatic N) is 1. The van der Waals surface area contributed by atoms with Crippen molar-refractivity contribution < 1.29 is 22.4 Å². The van der Waals surface area contributed by atoms with Crippen molar-refractivity contribution in [3.05, 3.63) is 35.1 Å². The average molecular weight is 312 g/mol. The smallest absolute Gasteiger partial charge is 0.335 e. The third-order valence-corrected chi connectivity index (χ3v) is 3.72. The lowest BCUT2D eigenvalue weighted by Crippen LogP contribution is -2.46. The van der Waals surface area contributed by atoms with E-state index in [1.165, 1.54) is 7.05 Å². The Morgan fingerprint density at radius 1 is 1.30 bits per heavy atom. The Labute approximate surface area is 119 Å². The summed E-state index contributed by atoms with van der Waals surface area (Å²) < 4.78 is 51.4. The van der Waals surface area contributed by atoms with Crippen molar-refractivity contribution in [1.29, 1.82) is 0 Å². The fraction of sp³-hybridized carbons (Fsp3) is 0.462. The highest BCUT2D eigenvalue weighted by Crippen LogP contribution is 2.31. The molecule has 0 spiro atoms. The number of carbonyl (C=O) groups excluding carboxylic acids is 1. The average Bonchev–Trinajstić information content (AvgIpc) is 2.36. The van der Waals surface area contributed by atoms with Crippen LogP contribution in [0.3, 0.4) is 0 Å². The van der Waals surface area contributed by atoms with Crippen molar-refractivity contribution in [3.63, 3.8) is 0 Å². The van der Waals surface area contributed by atoms with Gasteiger partial charge in [-0.05, 0) is 32.0 Å². The fourth-order valence-electron chi connectivity index (χ4n) is 1.41. The van der Waals surface area contributed by atoms with Gasteiger partial charge in [-0.2, -0.15) is 13.2 Å². The van der Waals surface area contributed by atoms with Crippen LogP contribution in [0.25, 0.3) is 0 Å². The van der Waals surface area contributed by atoms with Crippen molar-refractivity contribution in [2.45, 2.75) is 25.6 Å². The minimum absolute atomic E-state index is 0.0653. The second-order valence-corrected chi connectivity index (χ2v) is 5.27. The van der Waals surface area contributed by atoms with Gasteiger partial charge in [0.05, 0.1) is 16.7 Å². The summed E-state index contributed by atoms with van der Waals surface area (Å²) in [5, 5.41) is 0. The van der Waals surface area contributed by atoms with E-state index < -0.39 is 34.6 Å². The standard InChI is InChI=1S/C13H14ClF4NO/c1-12(2,7-14)19(3)11(20)9-6-8(13(16,17)18)4-5-10(9)15/h4-6H,7H2,1-3H3. The molecule has 1 aromatic carbocycles. The molecule has 2 nitrogen and oxygen atoms in total. The molecule has 1 aromatic rings. The lowest BCUT2D eigenvalue weighted by atomic mass is 10.0. The second-order valence-electron chi connectivity index (χ2n) is 5.00. The molecule has 0 unspecified atom stereocenters. The van der Waals surface area contributed by atoms with Crippen LogP contribution in [0, 0.1) is 5.82 Å². The van der Waals surface area contributed by atoms with E-state index in [0.717, 1.165) is 4.90 Å². The summed E-state index contributed by atoms with van der Waals surface area (Å²) in [7, 11) is 1.37. The van der Waals surface area contributed by atoms with Gasteiger partial charge in [0.1, 0.15) is 5.82 Å². The van der Waals surface area contributed by atoms with E-state index in [2.05, 4.69) is 0 Å². The highest BCUT2D eigenvalue weighted by atomic mass is 35.5. The molecule has 112 valence electrons. The number of hydrogen-bond acceptors (Lipinski definition) is 1. The topological polar surface area (TPSA) is 20.3 Å². The lowest BCUT2D eigenvalue weighted by molar-refractivity contribution is -0.137. The van der Waals surface area contributed by atoms with Gasteiger partial charge in [0.25, 0.3) is 5.91 Å². The van der Waals surface area contributed by atoms with Crippen LogP contribution in [0.5, 0.6) is 0 Å². The lowest BCUT2D eigenvalue weighted by Gasteiger charge is -2.34. The van der Waals surface area contributed by atoms with Crippen molar-refractivity contribution in [2.75, 3.05) is 12.9 Å². The van der Waals surface area contributed by atoms with Crippen LogP contribution >= 0.6 is 11.6 Å². The molecule has 0 bridgehead atoms. The molecule has 0 radical (unpaired) electrons. The van der Waals surface area contributed by atoms with E-state index in [0.29, 0.717) is 18.2 Å². The van der Waals surface area contributed by atoms with Crippen molar-refractivity contribution in [3.8, 4) is 0 Å². The Hall–Kier alpha value is -1.30. The minimum atomic E-state index is -4.64. The molecule has 0 aliphatic heterocycles. The first-order valence-electron chi connectivity index (χ1n) is 5.71. The minimum Gasteiger partial charge on any atom is -0.335 e. The molecule has 0 saturated heterocycles. The maximum Gasteiger partial charge on any atom is 0.416 e. The van der Waals surface area contributed by atoms with Gasteiger partial charge in [0, 0.05) is 12.9 Å². The summed E-state index contributed by atoms with van der Waals surface area (Å²) >= 11 is 5.70. The van der Waals surface area contributed by atoms with Gasteiger partial charge >= 0.3 is 6.18 Å². The van der Waals surface area contributed by atoms with Crippen molar-refractivity contribution in [1.82, 2.24) is 4.90 Å². The van der Waals surface area contributed by atoms with Crippen LogP contribution in [-0.4, -0.2) is 29.3 Å². The largest absolute Gasteiger partial charge is 0.416 e. The van der Waals surface area contributed by atoms with E-state index in [9.17, 15) is 22.4 Å². The number of halogens is 5. The first-order chi connectivity index (χ1) is 9.00. The summed E-state index contributed by atoms with van der Waals surface area (Å²) in [5.74, 6) is -1.78. The van der Waals surface area contributed by atoms with E-state index >= 15 is 0 Å². The van der Waals surface area contributed by atoms with Gasteiger partial charge in [-0.15, -0.1) is 11.6 Å². The molecule has 1 rings (SSSR count). The molecule has 0 N–H and O–H groups in total. The third-order valence-electron chi connectivity index (χ3n) is 3.06. The van der Waals surface area contributed by atoms with Crippen LogP contribution in [0.2, 0.25) is 0 Å². The number of hydrogen-bond donors (Lipinski definition) is 0. The molecule has 0 saturated carbocycles. The SMILES string of the molecule is CN(C(=O)c1cc(C(F)(F)F)ccc1F)C(C)(C)CCl. The van der Waals surface area contributed by atoms with E-state index in [-0.39, 0.29) is 5.88 Å². The molecule has 0 aliphatic rings. The Balaban J connectivity index is 3.23. The second kappa shape index (κ2) is 5.60. The summed E-state index contributed by atoms with van der Waals surface area (Å²) in [6.45, 7) is 3.26. The Morgan fingerprint density at radius 3 is 2.30 bits per heavy atom. The number of rotatable bonds is 3. The predicted molar refractivity (Wildman–Crippen MR) is 68.3 cm³/mol. The monoisotopic (exact) mass is 311 g/mol. The van der Waals surface area contributed by atoms with Crippen LogP contribution in [0.4, 0.5) is 17.6 Å². The highest BCUT2D eigenvalue weighted by molar-refractivity contribution is 6.18. The third kappa shape index (κ3) is 3.42.